The number of non-ortho nitro benzene ring substituents is 1. The van der Waals surface area contributed by atoms with Crippen molar-refractivity contribution < 1.29 is 9.72 Å². The number of nitrogens with zero attached hydrogens (tertiary/aromatic N) is 1. The molecule has 0 spiro atoms. The lowest BCUT2D eigenvalue weighted by atomic mass is 10.0. The summed E-state index contributed by atoms with van der Waals surface area (Å²) in [5.41, 5.74) is 1.47. The molecule has 96 valence electrons. The monoisotopic (exact) mass is 275 g/mol. The molecule has 0 amide bonds. The van der Waals surface area contributed by atoms with Gasteiger partial charge in [-0.05, 0) is 13.0 Å². The Kier molecular flexibility index (Phi) is 3.62. The maximum Gasteiger partial charge on any atom is 0.270 e. The molecule has 0 aliphatic heterocycles. The van der Waals surface area contributed by atoms with E-state index in [-0.39, 0.29) is 22.1 Å². The molecule has 5 heteroatoms. The van der Waals surface area contributed by atoms with Crippen molar-refractivity contribution in [1.82, 2.24) is 0 Å². The number of halogens is 1. The second-order valence-electron chi connectivity index (χ2n) is 4.12. The standard InChI is InChI=1S/C14H10ClNO3/c1-9-2-4-10(5-3-9)14(17)12-8-11(16(18)19)6-7-13(12)15/h2-8H,1H3. The van der Waals surface area contributed by atoms with E-state index in [0.29, 0.717) is 5.56 Å². The van der Waals surface area contributed by atoms with E-state index in [1.165, 1.54) is 18.2 Å². The van der Waals surface area contributed by atoms with Crippen LogP contribution in [0.3, 0.4) is 0 Å². The minimum absolute atomic E-state index is 0.139. The van der Waals surface area contributed by atoms with E-state index >= 15 is 0 Å². The molecular weight excluding hydrogens is 266 g/mol. The molecule has 0 saturated heterocycles. The van der Waals surface area contributed by atoms with Gasteiger partial charge in [-0.3, -0.25) is 14.9 Å². The van der Waals surface area contributed by atoms with Crippen LogP contribution in [0.25, 0.3) is 0 Å². The van der Waals surface area contributed by atoms with Crippen LogP contribution >= 0.6 is 11.6 Å². The Labute approximate surface area is 114 Å². The van der Waals surface area contributed by atoms with Crippen molar-refractivity contribution in [3.05, 3.63) is 74.3 Å². The summed E-state index contributed by atoms with van der Waals surface area (Å²) in [6, 6.07) is 10.8. The largest absolute Gasteiger partial charge is 0.289 e. The third kappa shape index (κ3) is 2.80. The summed E-state index contributed by atoms with van der Waals surface area (Å²) in [7, 11) is 0. The Hall–Kier alpha value is -2.20. The van der Waals surface area contributed by atoms with Gasteiger partial charge >= 0.3 is 0 Å². The highest BCUT2D eigenvalue weighted by Gasteiger charge is 2.17. The Morgan fingerprint density at radius 3 is 2.37 bits per heavy atom. The molecule has 2 aromatic rings. The summed E-state index contributed by atoms with van der Waals surface area (Å²) >= 11 is 5.93. The van der Waals surface area contributed by atoms with Crippen LogP contribution in [-0.2, 0) is 0 Å². The van der Waals surface area contributed by atoms with Crippen LogP contribution in [0, 0.1) is 17.0 Å². The molecule has 0 N–H and O–H groups in total. The van der Waals surface area contributed by atoms with E-state index in [0.717, 1.165) is 5.56 Å². The maximum absolute atomic E-state index is 12.2. The first-order valence-electron chi connectivity index (χ1n) is 5.54. The average Bonchev–Trinajstić information content (AvgIpc) is 2.39. The predicted octanol–water partition coefficient (Wildman–Crippen LogP) is 3.79. The van der Waals surface area contributed by atoms with Crippen molar-refractivity contribution in [3.8, 4) is 0 Å². The van der Waals surface area contributed by atoms with Crippen LogP contribution in [-0.4, -0.2) is 10.7 Å². The number of ketones is 1. The Morgan fingerprint density at radius 1 is 1.16 bits per heavy atom. The molecule has 0 bridgehead atoms. The summed E-state index contributed by atoms with van der Waals surface area (Å²) in [5, 5.41) is 10.9. The molecule has 2 rings (SSSR count). The van der Waals surface area contributed by atoms with Gasteiger partial charge in [-0.2, -0.15) is 0 Å². The van der Waals surface area contributed by atoms with Crippen molar-refractivity contribution in [2.75, 3.05) is 0 Å². The van der Waals surface area contributed by atoms with Crippen LogP contribution in [0.1, 0.15) is 21.5 Å². The first-order chi connectivity index (χ1) is 8.99. The summed E-state index contributed by atoms with van der Waals surface area (Å²) in [6.45, 7) is 1.91. The van der Waals surface area contributed by atoms with Gasteiger partial charge in [0.05, 0.1) is 9.95 Å². The number of nitro benzene ring substituents is 1. The van der Waals surface area contributed by atoms with Gasteiger partial charge in [0.15, 0.2) is 5.78 Å². The molecule has 0 aliphatic carbocycles. The minimum atomic E-state index is -0.553. The summed E-state index contributed by atoms with van der Waals surface area (Å²) < 4.78 is 0. The van der Waals surface area contributed by atoms with E-state index in [1.807, 2.05) is 6.92 Å². The van der Waals surface area contributed by atoms with Crippen molar-refractivity contribution in [2.24, 2.45) is 0 Å². The predicted molar refractivity (Wildman–Crippen MR) is 72.7 cm³/mol. The molecule has 0 atom stereocenters. The molecule has 0 fully saturated rings. The molecule has 0 unspecified atom stereocenters. The number of rotatable bonds is 3. The molecular formula is C14H10ClNO3. The average molecular weight is 276 g/mol. The smallest absolute Gasteiger partial charge is 0.270 e. The van der Waals surface area contributed by atoms with E-state index < -0.39 is 4.92 Å². The highest BCUT2D eigenvalue weighted by atomic mass is 35.5. The normalized spacial score (nSPS) is 10.2. The number of carbonyl (C=O) groups is 1. The van der Waals surface area contributed by atoms with Crippen LogP contribution in [0.5, 0.6) is 0 Å². The van der Waals surface area contributed by atoms with Crippen molar-refractivity contribution >= 4 is 23.1 Å². The van der Waals surface area contributed by atoms with Gasteiger partial charge in [-0.1, -0.05) is 41.4 Å². The molecule has 0 aromatic heterocycles. The van der Waals surface area contributed by atoms with Gasteiger partial charge in [0.25, 0.3) is 5.69 Å². The van der Waals surface area contributed by atoms with Crippen molar-refractivity contribution in [2.45, 2.75) is 6.92 Å². The molecule has 0 heterocycles. The van der Waals surface area contributed by atoms with E-state index in [4.69, 9.17) is 11.6 Å². The quantitative estimate of drug-likeness (QED) is 0.486. The zero-order valence-electron chi connectivity index (χ0n) is 10.1. The lowest BCUT2D eigenvalue weighted by molar-refractivity contribution is -0.384. The highest BCUT2D eigenvalue weighted by molar-refractivity contribution is 6.35. The molecule has 4 nitrogen and oxygen atoms in total. The van der Waals surface area contributed by atoms with Crippen LogP contribution < -0.4 is 0 Å². The second-order valence-corrected chi connectivity index (χ2v) is 4.52. The number of hydrogen-bond donors (Lipinski definition) is 0. The van der Waals surface area contributed by atoms with Gasteiger partial charge in [-0.25, -0.2) is 0 Å². The Morgan fingerprint density at radius 2 is 1.79 bits per heavy atom. The van der Waals surface area contributed by atoms with Crippen LogP contribution in [0.15, 0.2) is 42.5 Å². The fourth-order valence-electron chi connectivity index (χ4n) is 1.66. The van der Waals surface area contributed by atoms with E-state index in [9.17, 15) is 14.9 Å². The maximum atomic E-state index is 12.2. The summed E-state index contributed by atoms with van der Waals surface area (Å²) in [5.74, 6) is -0.325. The van der Waals surface area contributed by atoms with Crippen molar-refractivity contribution in [1.29, 1.82) is 0 Å². The highest BCUT2D eigenvalue weighted by Crippen LogP contribution is 2.24. The first-order valence-corrected chi connectivity index (χ1v) is 5.92. The molecule has 0 saturated carbocycles. The Bertz CT molecular complexity index is 650. The third-order valence-corrected chi connectivity index (χ3v) is 3.05. The second kappa shape index (κ2) is 5.20. The molecule has 19 heavy (non-hydrogen) atoms. The third-order valence-electron chi connectivity index (χ3n) is 2.72. The van der Waals surface area contributed by atoms with E-state index in [2.05, 4.69) is 0 Å². The number of aryl methyl sites for hydroxylation is 1. The van der Waals surface area contributed by atoms with Crippen LogP contribution in [0.2, 0.25) is 5.02 Å². The fraction of sp³-hybridized carbons (Fsp3) is 0.0714. The topological polar surface area (TPSA) is 60.2 Å². The van der Waals surface area contributed by atoms with Crippen molar-refractivity contribution in [3.63, 3.8) is 0 Å². The fourth-order valence-corrected chi connectivity index (χ4v) is 1.86. The van der Waals surface area contributed by atoms with Crippen LogP contribution in [0.4, 0.5) is 5.69 Å². The number of benzene rings is 2. The summed E-state index contributed by atoms with van der Waals surface area (Å²) in [6.07, 6.45) is 0. The molecule has 0 aliphatic rings. The molecule has 2 aromatic carbocycles. The van der Waals surface area contributed by atoms with Gasteiger partial charge in [0.1, 0.15) is 0 Å². The number of carbonyl (C=O) groups excluding carboxylic acids is 1. The summed E-state index contributed by atoms with van der Waals surface area (Å²) in [4.78, 5) is 22.4. The lowest BCUT2D eigenvalue weighted by Crippen LogP contribution is -2.03. The SMILES string of the molecule is Cc1ccc(C(=O)c2cc([N+](=O)[O-])ccc2Cl)cc1. The van der Waals surface area contributed by atoms with Gasteiger partial charge in [0.2, 0.25) is 0 Å². The van der Waals surface area contributed by atoms with Gasteiger partial charge in [-0.15, -0.1) is 0 Å². The number of hydrogen-bond acceptors (Lipinski definition) is 3. The Balaban J connectivity index is 2.46. The molecule has 0 radical (unpaired) electrons. The number of nitro groups is 1. The zero-order valence-corrected chi connectivity index (χ0v) is 10.8. The minimum Gasteiger partial charge on any atom is -0.289 e. The van der Waals surface area contributed by atoms with Gasteiger partial charge in [0, 0.05) is 23.3 Å². The lowest BCUT2D eigenvalue weighted by Gasteiger charge is -2.04. The van der Waals surface area contributed by atoms with Gasteiger partial charge < -0.3 is 0 Å². The van der Waals surface area contributed by atoms with E-state index in [1.54, 1.807) is 24.3 Å². The zero-order chi connectivity index (χ0) is 14.0. The first kappa shape index (κ1) is 13.2.